The van der Waals surface area contributed by atoms with Crippen LogP contribution in [0, 0.1) is 13.8 Å². The summed E-state index contributed by atoms with van der Waals surface area (Å²) >= 11 is 0. The second-order valence-electron chi connectivity index (χ2n) is 7.45. The van der Waals surface area contributed by atoms with Gasteiger partial charge in [0.05, 0.1) is 5.69 Å². The van der Waals surface area contributed by atoms with Gasteiger partial charge in [0.1, 0.15) is 5.56 Å². The SMILES string of the molecule is Cc1nc2c(-c3ccccc3)c(C)[nH]n2c(=O)c1-c1nnc(N2CCCCC2)o1. The summed E-state index contributed by atoms with van der Waals surface area (Å²) in [5.41, 5.74) is 4.04. The normalized spacial score (nSPS) is 14.6. The lowest BCUT2D eigenvalue weighted by Gasteiger charge is -2.24. The van der Waals surface area contributed by atoms with Crippen LogP contribution in [0.1, 0.15) is 30.7 Å². The first-order chi connectivity index (χ1) is 14.1. The Kier molecular flexibility index (Phi) is 4.19. The number of nitrogens with zero attached hydrogens (tertiary/aromatic N) is 5. The molecular formula is C21H22N6O2. The van der Waals surface area contributed by atoms with Crippen LogP contribution in [0.25, 0.3) is 28.2 Å². The van der Waals surface area contributed by atoms with E-state index in [4.69, 9.17) is 9.40 Å². The van der Waals surface area contributed by atoms with Crippen molar-refractivity contribution in [3.05, 3.63) is 52.1 Å². The maximum atomic E-state index is 13.3. The van der Waals surface area contributed by atoms with Crippen LogP contribution in [0.2, 0.25) is 0 Å². The maximum absolute atomic E-state index is 13.3. The van der Waals surface area contributed by atoms with Gasteiger partial charge in [0.15, 0.2) is 5.65 Å². The summed E-state index contributed by atoms with van der Waals surface area (Å²) in [5.74, 6) is 0.212. The van der Waals surface area contributed by atoms with Crippen LogP contribution < -0.4 is 10.5 Å². The molecule has 8 nitrogen and oxygen atoms in total. The van der Waals surface area contributed by atoms with Crippen molar-refractivity contribution in [1.82, 2.24) is 24.8 Å². The topological polar surface area (TPSA) is 92.3 Å². The lowest BCUT2D eigenvalue weighted by Crippen LogP contribution is -2.29. The van der Waals surface area contributed by atoms with E-state index in [1.165, 1.54) is 10.9 Å². The number of hydrogen-bond donors (Lipinski definition) is 1. The van der Waals surface area contributed by atoms with Gasteiger partial charge >= 0.3 is 6.01 Å². The van der Waals surface area contributed by atoms with Gasteiger partial charge in [0.25, 0.3) is 11.4 Å². The predicted molar refractivity (Wildman–Crippen MR) is 110 cm³/mol. The molecule has 0 atom stereocenters. The number of nitrogens with one attached hydrogen (secondary N) is 1. The number of aromatic amines is 1. The number of piperidine rings is 1. The van der Waals surface area contributed by atoms with Gasteiger partial charge in [-0.2, -0.15) is 0 Å². The third kappa shape index (κ3) is 2.91. The number of fused-ring (bicyclic) bond motifs is 1. The van der Waals surface area contributed by atoms with Crippen LogP contribution in [0.5, 0.6) is 0 Å². The molecular weight excluding hydrogens is 368 g/mol. The molecule has 1 aliphatic heterocycles. The molecule has 0 radical (unpaired) electrons. The zero-order valence-electron chi connectivity index (χ0n) is 16.5. The molecule has 1 saturated heterocycles. The Morgan fingerprint density at radius 2 is 1.76 bits per heavy atom. The van der Waals surface area contributed by atoms with E-state index in [9.17, 15) is 4.79 Å². The van der Waals surface area contributed by atoms with E-state index in [0.717, 1.165) is 42.8 Å². The zero-order valence-corrected chi connectivity index (χ0v) is 16.5. The van der Waals surface area contributed by atoms with Gasteiger partial charge in [-0.15, -0.1) is 5.10 Å². The van der Waals surface area contributed by atoms with Gasteiger partial charge in [0.2, 0.25) is 0 Å². The second-order valence-corrected chi connectivity index (χ2v) is 7.45. The summed E-state index contributed by atoms with van der Waals surface area (Å²) in [4.78, 5) is 20.1. The van der Waals surface area contributed by atoms with Crippen LogP contribution in [0.15, 0.2) is 39.5 Å². The molecule has 0 saturated carbocycles. The molecule has 1 aromatic carbocycles. The molecule has 1 aliphatic rings. The Hall–Kier alpha value is -3.42. The number of H-pyrrole nitrogens is 1. The number of hydrogen-bond acceptors (Lipinski definition) is 6. The van der Waals surface area contributed by atoms with Crippen LogP contribution in [-0.2, 0) is 0 Å². The van der Waals surface area contributed by atoms with Crippen molar-refractivity contribution in [3.8, 4) is 22.6 Å². The highest BCUT2D eigenvalue weighted by Gasteiger charge is 2.24. The molecule has 148 valence electrons. The average Bonchev–Trinajstić information content (AvgIpc) is 3.34. The Labute approximate surface area is 167 Å². The molecule has 1 N–H and O–H groups in total. The Morgan fingerprint density at radius 1 is 1.00 bits per heavy atom. The minimum atomic E-state index is -0.244. The minimum Gasteiger partial charge on any atom is -0.403 e. The molecule has 0 bridgehead atoms. The fourth-order valence-corrected chi connectivity index (χ4v) is 4.02. The summed E-state index contributed by atoms with van der Waals surface area (Å²) in [6, 6.07) is 10.4. The van der Waals surface area contributed by atoms with Crippen LogP contribution in [0.3, 0.4) is 0 Å². The molecule has 29 heavy (non-hydrogen) atoms. The molecule has 4 aromatic rings. The highest BCUT2D eigenvalue weighted by Crippen LogP contribution is 2.29. The number of benzene rings is 1. The first-order valence-corrected chi connectivity index (χ1v) is 9.89. The quantitative estimate of drug-likeness (QED) is 0.577. The van der Waals surface area contributed by atoms with E-state index >= 15 is 0 Å². The largest absolute Gasteiger partial charge is 0.403 e. The molecule has 0 unspecified atom stereocenters. The summed E-state index contributed by atoms with van der Waals surface area (Å²) < 4.78 is 7.34. The number of aromatic nitrogens is 5. The van der Waals surface area contributed by atoms with E-state index < -0.39 is 0 Å². The van der Waals surface area contributed by atoms with E-state index in [2.05, 4.69) is 20.2 Å². The van der Waals surface area contributed by atoms with Crippen LogP contribution >= 0.6 is 0 Å². The molecule has 1 fully saturated rings. The van der Waals surface area contributed by atoms with E-state index in [1.54, 1.807) is 6.92 Å². The summed E-state index contributed by atoms with van der Waals surface area (Å²) in [5, 5.41) is 11.5. The highest BCUT2D eigenvalue weighted by atomic mass is 16.4. The second kappa shape index (κ2) is 6.88. The number of rotatable bonds is 3. The van der Waals surface area contributed by atoms with E-state index in [0.29, 0.717) is 22.9 Å². The van der Waals surface area contributed by atoms with Crippen LogP contribution in [0.4, 0.5) is 6.01 Å². The lowest BCUT2D eigenvalue weighted by molar-refractivity contribution is 0.497. The summed E-state index contributed by atoms with van der Waals surface area (Å²) in [6.07, 6.45) is 3.43. The zero-order chi connectivity index (χ0) is 20.0. The molecule has 5 rings (SSSR count). The Morgan fingerprint density at radius 3 is 2.52 bits per heavy atom. The fraction of sp³-hybridized carbons (Fsp3) is 0.333. The van der Waals surface area contributed by atoms with Crippen molar-refractivity contribution in [2.45, 2.75) is 33.1 Å². The summed E-state index contributed by atoms with van der Waals surface area (Å²) in [7, 11) is 0. The van der Waals surface area contributed by atoms with Gasteiger partial charge in [0, 0.05) is 24.3 Å². The molecule has 4 heterocycles. The average molecular weight is 390 g/mol. The number of aryl methyl sites for hydroxylation is 2. The van der Waals surface area contributed by atoms with Crippen molar-refractivity contribution in [2.75, 3.05) is 18.0 Å². The summed E-state index contributed by atoms with van der Waals surface area (Å²) in [6.45, 7) is 5.53. The standard InChI is InChI=1S/C21H22N6O2/c1-13-17(19-23-24-21(29-19)26-11-7-4-8-12-26)20(28)27-18(22-13)16(14(2)25-27)15-9-5-3-6-10-15/h3,5-6,9-10,25H,4,7-8,11-12H2,1-2H3. The van der Waals surface area contributed by atoms with Gasteiger partial charge in [-0.25, -0.2) is 9.50 Å². The van der Waals surface area contributed by atoms with Gasteiger partial charge < -0.3 is 9.32 Å². The number of anilines is 1. The van der Waals surface area contributed by atoms with E-state index in [1.807, 2.05) is 37.3 Å². The Bertz CT molecular complexity index is 1230. The first-order valence-electron chi connectivity index (χ1n) is 9.89. The molecule has 0 aliphatic carbocycles. The molecule has 0 spiro atoms. The third-order valence-corrected chi connectivity index (χ3v) is 5.46. The highest BCUT2D eigenvalue weighted by molar-refractivity contribution is 5.80. The van der Waals surface area contributed by atoms with Crippen LogP contribution in [-0.4, -0.2) is 37.9 Å². The van der Waals surface area contributed by atoms with Crippen molar-refractivity contribution < 1.29 is 4.42 Å². The van der Waals surface area contributed by atoms with Gasteiger partial charge in [-0.1, -0.05) is 35.4 Å². The first kappa shape index (κ1) is 17.7. The molecule has 8 heteroatoms. The van der Waals surface area contributed by atoms with Crippen molar-refractivity contribution >= 4 is 11.7 Å². The predicted octanol–water partition coefficient (Wildman–Crippen LogP) is 3.35. The third-order valence-electron chi connectivity index (χ3n) is 5.46. The molecule has 0 amide bonds. The monoisotopic (exact) mass is 390 g/mol. The van der Waals surface area contributed by atoms with Gasteiger partial charge in [-0.05, 0) is 38.7 Å². The Balaban J connectivity index is 1.63. The van der Waals surface area contributed by atoms with Gasteiger partial charge in [-0.3, -0.25) is 9.89 Å². The van der Waals surface area contributed by atoms with Crippen molar-refractivity contribution in [3.63, 3.8) is 0 Å². The smallest absolute Gasteiger partial charge is 0.318 e. The maximum Gasteiger partial charge on any atom is 0.318 e. The van der Waals surface area contributed by atoms with E-state index in [-0.39, 0.29) is 11.4 Å². The lowest BCUT2D eigenvalue weighted by atomic mass is 10.1. The van der Waals surface area contributed by atoms with Crippen molar-refractivity contribution in [2.24, 2.45) is 0 Å². The molecule has 3 aromatic heterocycles. The van der Waals surface area contributed by atoms with Crippen molar-refractivity contribution in [1.29, 1.82) is 0 Å². The fourth-order valence-electron chi connectivity index (χ4n) is 4.02. The minimum absolute atomic E-state index is 0.212.